The Morgan fingerprint density at radius 2 is 2.25 bits per heavy atom. The van der Waals surface area contributed by atoms with Gasteiger partial charge in [-0.1, -0.05) is 6.92 Å². The molecule has 0 radical (unpaired) electrons. The molecule has 0 aromatic rings. The summed E-state index contributed by atoms with van der Waals surface area (Å²) in [6, 6.07) is -1.22. The third-order valence-corrected chi connectivity index (χ3v) is 2.57. The van der Waals surface area contributed by atoms with Crippen LogP contribution >= 0.6 is 0 Å². The van der Waals surface area contributed by atoms with Gasteiger partial charge in [0.1, 0.15) is 0 Å². The van der Waals surface area contributed by atoms with Crippen LogP contribution in [0.1, 0.15) is 26.7 Å². The molecule has 1 aliphatic rings. The van der Waals surface area contributed by atoms with Gasteiger partial charge in [-0.3, -0.25) is 24.6 Å². The summed E-state index contributed by atoms with van der Waals surface area (Å²) in [4.78, 5) is 35.3. The molecule has 1 aliphatic heterocycles. The van der Waals surface area contributed by atoms with E-state index in [0.717, 1.165) is 6.42 Å². The second-order valence-electron chi connectivity index (χ2n) is 3.93. The molecule has 16 heavy (non-hydrogen) atoms. The standard InChI is InChI=1S/C10H17N3O3/c1-3-4-13-8(14)5-7(10(13)16)12-6(2)9(11)15/h6-7,12H,3-5H2,1-2H3,(H2,11,15). The van der Waals surface area contributed by atoms with E-state index in [-0.39, 0.29) is 18.2 Å². The maximum Gasteiger partial charge on any atom is 0.246 e. The Bertz CT molecular complexity index is 316. The van der Waals surface area contributed by atoms with E-state index < -0.39 is 18.0 Å². The van der Waals surface area contributed by atoms with Gasteiger partial charge in [-0.05, 0) is 13.3 Å². The van der Waals surface area contributed by atoms with Gasteiger partial charge in [0.05, 0.1) is 18.5 Å². The Morgan fingerprint density at radius 1 is 1.62 bits per heavy atom. The van der Waals surface area contributed by atoms with Gasteiger partial charge in [-0.25, -0.2) is 0 Å². The van der Waals surface area contributed by atoms with E-state index in [0.29, 0.717) is 6.54 Å². The molecule has 1 heterocycles. The first-order valence-electron chi connectivity index (χ1n) is 5.37. The normalized spacial score (nSPS) is 22.6. The molecule has 2 atom stereocenters. The van der Waals surface area contributed by atoms with Crippen LogP contribution in [-0.4, -0.2) is 41.2 Å². The highest BCUT2D eigenvalue weighted by atomic mass is 16.2. The number of imide groups is 1. The zero-order valence-corrected chi connectivity index (χ0v) is 9.53. The maximum atomic E-state index is 11.8. The molecule has 0 aliphatic carbocycles. The van der Waals surface area contributed by atoms with Crippen LogP contribution in [0.5, 0.6) is 0 Å². The number of hydrogen-bond acceptors (Lipinski definition) is 4. The van der Waals surface area contributed by atoms with Crippen molar-refractivity contribution in [1.82, 2.24) is 10.2 Å². The van der Waals surface area contributed by atoms with E-state index in [1.54, 1.807) is 6.92 Å². The van der Waals surface area contributed by atoms with Crippen LogP contribution in [0.15, 0.2) is 0 Å². The van der Waals surface area contributed by atoms with E-state index in [1.807, 2.05) is 6.92 Å². The molecule has 0 spiro atoms. The molecule has 0 saturated carbocycles. The molecule has 1 saturated heterocycles. The minimum absolute atomic E-state index is 0.108. The number of nitrogens with one attached hydrogen (secondary N) is 1. The molecule has 3 amide bonds. The predicted molar refractivity (Wildman–Crippen MR) is 57.2 cm³/mol. The Labute approximate surface area is 94.2 Å². The van der Waals surface area contributed by atoms with E-state index in [9.17, 15) is 14.4 Å². The summed E-state index contributed by atoms with van der Waals surface area (Å²) in [6.45, 7) is 3.90. The average Bonchev–Trinajstić information content (AvgIpc) is 2.46. The molecular formula is C10H17N3O3. The number of nitrogens with zero attached hydrogens (tertiary/aromatic N) is 1. The number of primary amides is 1. The molecule has 90 valence electrons. The summed E-state index contributed by atoms with van der Waals surface area (Å²) >= 11 is 0. The third kappa shape index (κ3) is 2.57. The van der Waals surface area contributed by atoms with Gasteiger partial charge >= 0.3 is 0 Å². The summed E-state index contributed by atoms with van der Waals surface area (Å²) in [5.41, 5.74) is 5.08. The molecule has 0 aromatic heterocycles. The number of nitrogens with two attached hydrogens (primary N) is 1. The molecule has 1 fully saturated rings. The van der Waals surface area contributed by atoms with Crippen molar-refractivity contribution in [2.75, 3.05) is 6.54 Å². The monoisotopic (exact) mass is 227 g/mol. The first kappa shape index (κ1) is 12.6. The molecule has 2 unspecified atom stereocenters. The van der Waals surface area contributed by atoms with Gasteiger partial charge in [0.25, 0.3) is 0 Å². The minimum Gasteiger partial charge on any atom is -0.368 e. The zero-order valence-electron chi connectivity index (χ0n) is 9.53. The van der Waals surface area contributed by atoms with Crippen LogP contribution in [-0.2, 0) is 14.4 Å². The number of likely N-dealkylation sites (tertiary alicyclic amines) is 1. The molecule has 0 bridgehead atoms. The predicted octanol–water partition coefficient (Wildman–Crippen LogP) is -1.01. The molecule has 3 N–H and O–H groups in total. The van der Waals surface area contributed by atoms with Crippen molar-refractivity contribution < 1.29 is 14.4 Å². The van der Waals surface area contributed by atoms with Crippen molar-refractivity contribution >= 4 is 17.7 Å². The lowest BCUT2D eigenvalue weighted by Crippen LogP contribution is -2.47. The Hall–Kier alpha value is -1.43. The summed E-state index contributed by atoms with van der Waals surface area (Å²) in [5.74, 6) is -0.991. The van der Waals surface area contributed by atoms with Crippen molar-refractivity contribution in [2.45, 2.75) is 38.8 Å². The van der Waals surface area contributed by atoms with E-state index in [4.69, 9.17) is 5.73 Å². The molecular weight excluding hydrogens is 210 g/mol. The highest BCUT2D eigenvalue weighted by Crippen LogP contribution is 2.13. The highest BCUT2D eigenvalue weighted by Gasteiger charge is 2.38. The smallest absolute Gasteiger partial charge is 0.246 e. The minimum atomic E-state index is -0.610. The van der Waals surface area contributed by atoms with Gasteiger partial charge < -0.3 is 5.73 Å². The topological polar surface area (TPSA) is 92.5 Å². The van der Waals surface area contributed by atoms with Crippen LogP contribution in [0.25, 0.3) is 0 Å². The van der Waals surface area contributed by atoms with Crippen LogP contribution in [0.2, 0.25) is 0 Å². The summed E-state index contributed by atoms with van der Waals surface area (Å²) < 4.78 is 0. The van der Waals surface area contributed by atoms with Crippen LogP contribution in [0, 0.1) is 0 Å². The summed E-state index contributed by atoms with van der Waals surface area (Å²) in [7, 11) is 0. The summed E-state index contributed by atoms with van der Waals surface area (Å²) in [5, 5.41) is 2.76. The van der Waals surface area contributed by atoms with E-state index in [1.165, 1.54) is 4.90 Å². The fourth-order valence-corrected chi connectivity index (χ4v) is 1.66. The second kappa shape index (κ2) is 5.07. The van der Waals surface area contributed by atoms with E-state index in [2.05, 4.69) is 5.32 Å². The quantitative estimate of drug-likeness (QED) is 0.588. The Balaban J connectivity index is 2.62. The van der Waals surface area contributed by atoms with Crippen molar-refractivity contribution in [3.8, 4) is 0 Å². The number of rotatable bonds is 5. The molecule has 6 nitrogen and oxygen atoms in total. The largest absolute Gasteiger partial charge is 0.368 e. The Morgan fingerprint density at radius 3 is 2.75 bits per heavy atom. The van der Waals surface area contributed by atoms with Crippen LogP contribution in [0.4, 0.5) is 0 Å². The fraction of sp³-hybridized carbons (Fsp3) is 0.700. The van der Waals surface area contributed by atoms with Crippen molar-refractivity contribution in [2.24, 2.45) is 5.73 Å². The van der Waals surface area contributed by atoms with Gasteiger partial charge in [-0.2, -0.15) is 0 Å². The van der Waals surface area contributed by atoms with Gasteiger partial charge in [0, 0.05) is 6.54 Å². The van der Waals surface area contributed by atoms with Crippen molar-refractivity contribution in [1.29, 1.82) is 0 Å². The lowest BCUT2D eigenvalue weighted by atomic mass is 10.2. The van der Waals surface area contributed by atoms with Crippen LogP contribution in [0.3, 0.4) is 0 Å². The van der Waals surface area contributed by atoms with Gasteiger partial charge in [0.15, 0.2) is 0 Å². The summed E-state index contributed by atoms with van der Waals surface area (Å²) in [6.07, 6.45) is 0.839. The van der Waals surface area contributed by atoms with Crippen molar-refractivity contribution in [3.63, 3.8) is 0 Å². The average molecular weight is 227 g/mol. The van der Waals surface area contributed by atoms with Gasteiger partial charge in [-0.15, -0.1) is 0 Å². The lowest BCUT2D eigenvalue weighted by molar-refractivity contribution is -0.138. The third-order valence-electron chi connectivity index (χ3n) is 2.57. The first-order valence-corrected chi connectivity index (χ1v) is 5.37. The van der Waals surface area contributed by atoms with Crippen molar-refractivity contribution in [3.05, 3.63) is 0 Å². The fourth-order valence-electron chi connectivity index (χ4n) is 1.66. The molecule has 0 aromatic carbocycles. The maximum absolute atomic E-state index is 11.8. The lowest BCUT2D eigenvalue weighted by Gasteiger charge is -2.16. The first-order chi connectivity index (χ1) is 7.47. The highest BCUT2D eigenvalue weighted by molar-refractivity contribution is 6.05. The van der Waals surface area contributed by atoms with E-state index >= 15 is 0 Å². The number of hydrogen-bond donors (Lipinski definition) is 2. The zero-order chi connectivity index (χ0) is 12.3. The number of carbonyl (C=O) groups excluding carboxylic acids is 3. The molecule has 1 rings (SSSR count). The van der Waals surface area contributed by atoms with Crippen LogP contribution < -0.4 is 11.1 Å². The number of amides is 3. The SMILES string of the molecule is CCCN1C(=O)CC(NC(C)C(N)=O)C1=O. The number of carbonyl (C=O) groups is 3. The Kier molecular flexibility index (Phi) is 4.00. The van der Waals surface area contributed by atoms with Gasteiger partial charge in [0.2, 0.25) is 17.7 Å². The second-order valence-corrected chi connectivity index (χ2v) is 3.93. The molecule has 6 heteroatoms.